The van der Waals surface area contributed by atoms with Crippen LogP contribution in [0.1, 0.15) is 142 Å². The van der Waals surface area contributed by atoms with Crippen molar-refractivity contribution in [2.24, 2.45) is 0 Å². The van der Waals surface area contributed by atoms with Crippen molar-refractivity contribution in [2.75, 3.05) is 0 Å². The summed E-state index contributed by atoms with van der Waals surface area (Å²) in [5.74, 6) is 0.423. The van der Waals surface area contributed by atoms with Crippen LogP contribution in [-0.2, 0) is 21.7 Å². The molecule has 0 saturated heterocycles. The zero-order chi connectivity index (χ0) is 24.7. The number of hydrogen-bond acceptors (Lipinski definition) is 0. The van der Waals surface area contributed by atoms with Crippen LogP contribution in [0, 0.1) is 0 Å². The summed E-state index contributed by atoms with van der Waals surface area (Å²) in [5, 5.41) is 0. The monoisotopic (exact) mass is 434 g/mol. The summed E-state index contributed by atoms with van der Waals surface area (Å²) in [5.41, 5.74) is 9.30. The minimum absolute atomic E-state index is 0.136. The first kappa shape index (κ1) is 26.7. The molecule has 0 heteroatoms. The van der Waals surface area contributed by atoms with Crippen LogP contribution in [0.5, 0.6) is 0 Å². The van der Waals surface area contributed by atoms with E-state index in [1.807, 2.05) is 0 Å². The van der Waals surface area contributed by atoms with Gasteiger partial charge in [0.2, 0.25) is 0 Å². The van der Waals surface area contributed by atoms with Crippen molar-refractivity contribution in [3.63, 3.8) is 0 Å². The average Bonchev–Trinajstić information content (AvgIpc) is 2.62. The van der Waals surface area contributed by atoms with Crippen LogP contribution < -0.4 is 0 Å². The molecule has 2 aromatic rings. The molecule has 0 aliphatic heterocycles. The van der Waals surface area contributed by atoms with Crippen LogP contribution in [0.3, 0.4) is 0 Å². The molecule has 2 aromatic carbocycles. The molecule has 0 radical (unpaired) electrons. The van der Waals surface area contributed by atoms with Crippen molar-refractivity contribution in [3.05, 3.63) is 69.8 Å². The molecule has 0 aliphatic carbocycles. The Labute approximate surface area is 200 Å². The lowest BCUT2D eigenvalue weighted by atomic mass is 9.74. The van der Waals surface area contributed by atoms with Gasteiger partial charge in [0.05, 0.1) is 0 Å². The molecule has 0 amide bonds. The molecule has 0 spiro atoms. The molecular formula is C32H50. The van der Waals surface area contributed by atoms with E-state index in [1.54, 1.807) is 0 Å². The molecule has 2 rings (SSSR count). The van der Waals surface area contributed by atoms with Crippen LogP contribution in [0.4, 0.5) is 0 Å². The lowest BCUT2D eigenvalue weighted by Gasteiger charge is -2.31. The molecule has 0 aromatic heterocycles. The third kappa shape index (κ3) is 6.49. The van der Waals surface area contributed by atoms with Gasteiger partial charge in [-0.3, -0.25) is 0 Å². The lowest BCUT2D eigenvalue weighted by Crippen LogP contribution is -2.19. The molecule has 0 N–H and O–H groups in total. The Bertz CT molecular complexity index is 774. The van der Waals surface area contributed by atoms with Crippen molar-refractivity contribution in [2.45, 2.75) is 130 Å². The van der Waals surface area contributed by atoms with E-state index in [-0.39, 0.29) is 21.7 Å². The van der Waals surface area contributed by atoms with Gasteiger partial charge < -0.3 is 0 Å². The minimum Gasteiger partial charge on any atom is -0.0653 e. The molecule has 0 fully saturated rings. The Balaban J connectivity index is 2.82. The van der Waals surface area contributed by atoms with Gasteiger partial charge in [-0.25, -0.2) is 0 Å². The van der Waals surface area contributed by atoms with Gasteiger partial charge in [0.1, 0.15) is 0 Å². The predicted octanol–water partition coefficient (Wildman–Crippen LogP) is 9.81. The fraction of sp³-hybridized carbons (Fsp3) is 0.625. The molecule has 0 atom stereocenters. The van der Waals surface area contributed by atoms with Crippen molar-refractivity contribution in [3.8, 4) is 0 Å². The Morgan fingerprint density at radius 2 is 0.719 bits per heavy atom. The largest absolute Gasteiger partial charge is 0.0653 e. The van der Waals surface area contributed by atoms with E-state index in [0.717, 1.165) is 0 Å². The van der Waals surface area contributed by atoms with E-state index in [0.29, 0.717) is 5.92 Å². The highest BCUT2D eigenvalue weighted by molar-refractivity contribution is 5.46. The maximum atomic E-state index is 2.50. The summed E-state index contributed by atoms with van der Waals surface area (Å²) in [4.78, 5) is 0. The summed E-state index contributed by atoms with van der Waals surface area (Å²) in [6.07, 6.45) is 2.36. The third-order valence-corrected chi connectivity index (χ3v) is 6.76. The number of hydrogen-bond donors (Lipinski definition) is 0. The molecule has 0 aliphatic rings. The normalized spacial score (nSPS) is 13.7. The first-order valence-corrected chi connectivity index (χ1v) is 12.7. The van der Waals surface area contributed by atoms with Gasteiger partial charge in [0.15, 0.2) is 0 Å². The SMILES string of the molecule is CCCC(c1cc(C(C)(C)C)cc(C(C)(C)C)c1)c1cc(C(C)(C)C)cc(C(C)(C)C)c1. The Morgan fingerprint density at radius 1 is 0.469 bits per heavy atom. The van der Waals surface area contributed by atoms with Crippen LogP contribution in [0.2, 0.25) is 0 Å². The topological polar surface area (TPSA) is 0 Å². The van der Waals surface area contributed by atoms with Crippen LogP contribution in [0.15, 0.2) is 36.4 Å². The first-order chi connectivity index (χ1) is 14.3. The second-order valence-corrected chi connectivity index (χ2v) is 14.0. The smallest absolute Gasteiger partial charge is 0.00896 e. The highest BCUT2D eigenvalue weighted by atomic mass is 14.3. The molecular weight excluding hydrogens is 384 g/mol. The number of rotatable bonds is 4. The van der Waals surface area contributed by atoms with E-state index in [1.165, 1.54) is 46.2 Å². The summed E-state index contributed by atoms with van der Waals surface area (Å²) in [6.45, 7) is 30.4. The van der Waals surface area contributed by atoms with Gasteiger partial charge in [-0.1, -0.05) is 133 Å². The quantitative estimate of drug-likeness (QED) is 0.449. The summed E-state index contributed by atoms with van der Waals surface area (Å²) in [6, 6.07) is 14.9. The highest BCUT2D eigenvalue weighted by Crippen LogP contribution is 2.39. The molecule has 32 heavy (non-hydrogen) atoms. The Morgan fingerprint density at radius 3 is 0.906 bits per heavy atom. The van der Waals surface area contributed by atoms with Crippen molar-refractivity contribution in [1.29, 1.82) is 0 Å². The average molecular weight is 435 g/mol. The Kier molecular flexibility index (Phi) is 7.51. The van der Waals surface area contributed by atoms with E-state index in [4.69, 9.17) is 0 Å². The van der Waals surface area contributed by atoms with Crippen molar-refractivity contribution < 1.29 is 0 Å². The van der Waals surface area contributed by atoms with Gasteiger partial charge >= 0.3 is 0 Å². The van der Waals surface area contributed by atoms with Gasteiger partial charge in [-0.05, 0) is 61.5 Å². The fourth-order valence-corrected chi connectivity index (χ4v) is 4.25. The first-order valence-electron chi connectivity index (χ1n) is 12.7. The molecule has 0 unspecified atom stereocenters. The molecule has 0 saturated carbocycles. The van der Waals surface area contributed by atoms with Crippen molar-refractivity contribution >= 4 is 0 Å². The van der Waals surface area contributed by atoms with Crippen molar-refractivity contribution in [1.82, 2.24) is 0 Å². The predicted molar refractivity (Wildman–Crippen MR) is 144 cm³/mol. The van der Waals surface area contributed by atoms with Crippen LogP contribution >= 0.6 is 0 Å². The summed E-state index contributed by atoms with van der Waals surface area (Å²) >= 11 is 0. The molecule has 0 bridgehead atoms. The second-order valence-electron chi connectivity index (χ2n) is 14.0. The zero-order valence-electron chi connectivity index (χ0n) is 23.5. The lowest BCUT2D eigenvalue weighted by molar-refractivity contribution is 0.560. The zero-order valence-corrected chi connectivity index (χ0v) is 23.5. The van der Waals surface area contributed by atoms with E-state index < -0.39 is 0 Å². The maximum absolute atomic E-state index is 2.50. The Hall–Kier alpha value is -1.56. The number of benzene rings is 2. The highest BCUT2D eigenvalue weighted by Gasteiger charge is 2.26. The van der Waals surface area contributed by atoms with E-state index >= 15 is 0 Å². The fourth-order valence-electron chi connectivity index (χ4n) is 4.25. The van der Waals surface area contributed by atoms with Gasteiger partial charge in [0, 0.05) is 5.92 Å². The third-order valence-electron chi connectivity index (χ3n) is 6.76. The van der Waals surface area contributed by atoms with Crippen LogP contribution in [0.25, 0.3) is 0 Å². The molecule has 178 valence electrons. The van der Waals surface area contributed by atoms with Gasteiger partial charge in [0.25, 0.3) is 0 Å². The second kappa shape index (κ2) is 9.00. The summed E-state index contributed by atoms with van der Waals surface area (Å²) < 4.78 is 0. The molecule has 0 heterocycles. The van der Waals surface area contributed by atoms with E-state index in [9.17, 15) is 0 Å². The van der Waals surface area contributed by atoms with E-state index in [2.05, 4.69) is 126 Å². The minimum atomic E-state index is 0.136. The summed E-state index contributed by atoms with van der Waals surface area (Å²) in [7, 11) is 0. The van der Waals surface area contributed by atoms with Gasteiger partial charge in [-0.2, -0.15) is 0 Å². The standard InChI is InChI=1S/C32H50/c1-14-15-28(22-16-24(29(2,3)4)20-25(17-22)30(5,6)7)23-18-26(31(8,9)10)21-27(19-23)32(11,12)13/h16-21,28H,14-15H2,1-13H3. The van der Waals surface area contributed by atoms with Crippen LogP contribution in [-0.4, -0.2) is 0 Å². The maximum Gasteiger partial charge on any atom is 0.00896 e. The van der Waals surface area contributed by atoms with Gasteiger partial charge in [-0.15, -0.1) is 0 Å². The molecule has 0 nitrogen and oxygen atoms in total.